The van der Waals surface area contributed by atoms with Gasteiger partial charge in [-0.3, -0.25) is 9.80 Å². The average molecular weight is 727 g/mol. The Bertz CT molecular complexity index is 2220. The summed E-state index contributed by atoms with van der Waals surface area (Å²) in [6.07, 6.45) is 6.77. The van der Waals surface area contributed by atoms with E-state index in [9.17, 15) is 14.3 Å². The van der Waals surface area contributed by atoms with Gasteiger partial charge in [0.05, 0.1) is 46.4 Å². The van der Waals surface area contributed by atoms with Gasteiger partial charge in [-0.2, -0.15) is 9.97 Å². The zero-order valence-corrected chi connectivity index (χ0v) is 29.9. The molecule has 4 fully saturated rings. The number of halogens is 3. The highest BCUT2D eigenvalue weighted by atomic mass is 19.1. The number of hydrogen-bond acceptors (Lipinski definition) is 9. The van der Waals surface area contributed by atoms with Gasteiger partial charge in [0.15, 0.2) is 5.82 Å². The van der Waals surface area contributed by atoms with Crippen LogP contribution < -0.4 is 9.64 Å². The summed E-state index contributed by atoms with van der Waals surface area (Å²) in [6.45, 7) is 7.08. The van der Waals surface area contributed by atoms with Crippen LogP contribution in [0.1, 0.15) is 76.7 Å². The number of fused-ring (bicyclic) bond motifs is 7. The first-order valence-electron chi connectivity index (χ1n) is 18.4. The minimum Gasteiger partial charge on any atom is -0.461 e. The standard InChI is InChI=1S/C40H41F3N6O4/c1-5-24-26(42)12-10-21-8-6-9-25(30(21)24)33-32(43)35-31-34(44-33)29(50)16-28-27-13-11-23(49(27)38(51)53-39(2,3)4)19-48(28)36(31)46-37(45-35)52-20-40-14-7-15-47(40)18-22(41)17-40/h1,6,8-10,12,22-23,27-29,50H,7,11,13-20H2,2-4H3/t22-,23-,27+,28-,29-,40+/m1/s1. The van der Waals surface area contributed by atoms with E-state index in [1.807, 2.05) is 25.7 Å². The largest absolute Gasteiger partial charge is 0.461 e. The fraction of sp³-hybridized carbons (Fsp3) is 0.500. The van der Waals surface area contributed by atoms with Gasteiger partial charge in [-0.25, -0.2) is 22.9 Å². The molecule has 2 aromatic carbocycles. The van der Waals surface area contributed by atoms with Crippen molar-refractivity contribution in [2.45, 2.75) is 101 Å². The normalized spacial score (nSPS) is 27.8. The molecule has 0 aliphatic carbocycles. The minimum atomic E-state index is -1.21. The van der Waals surface area contributed by atoms with Crippen molar-refractivity contribution in [1.82, 2.24) is 24.8 Å². The maximum absolute atomic E-state index is 17.3. The van der Waals surface area contributed by atoms with Crippen LogP contribution in [0.2, 0.25) is 0 Å². The van der Waals surface area contributed by atoms with E-state index in [1.54, 1.807) is 29.2 Å². The zero-order valence-electron chi connectivity index (χ0n) is 29.9. The van der Waals surface area contributed by atoms with Crippen LogP contribution in [0.15, 0.2) is 30.3 Å². The number of rotatable bonds is 4. The molecule has 5 aliphatic heterocycles. The molecule has 10 nitrogen and oxygen atoms in total. The van der Waals surface area contributed by atoms with Gasteiger partial charge in [-0.15, -0.1) is 6.42 Å². The number of nitrogens with zero attached hydrogens (tertiary/aromatic N) is 6. The Balaban J connectivity index is 1.22. The van der Waals surface area contributed by atoms with Gasteiger partial charge < -0.3 is 19.5 Å². The number of hydrogen-bond donors (Lipinski definition) is 1. The van der Waals surface area contributed by atoms with Crippen molar-refractivity contribution >= 4 is 33.6 Å². The van der Waals surface area contributed by atoms with Crippen LogP contribution in [-0.4, -0.2) is 97.6 Å². The van der Waals surface area contributed by atoms with Crippen LogP contribution in [0.4, 0.5) is 23.8 Å². The van der Waals surface area contributed by atoms with Gasteiger partial charge in [-0.1, -0.05) is 30.2 Å². The van der Waals surface area contributed by atoms with Crippen LogP contribution in [0.3, 0.4) is 0 Å². The number of alkyl halides is 1. The third kappa shape index (κ3) is 5.39. The van der Waals surface area contributed by atoms with Gasteiger partial charge in [0.25, 0.3) is 0 Å². The number of pyridine rings is 1. The number of aliphatic hydroxyl groups is 1. The summed E-state index contributed by atoms with van der Waals surface area (Å²) in [5.74, 6) is 1.34. The quantitative estimate of drug-likeness (QED) is 0.238. The van der Waals surface area contributed by atoms with Crippen LogP contribution in [0, 0.1) is 24.0 Å². The second kappa shape index (κ2) is 12.2. The molecule has 2 aromatic heterocycles. The number of aromatic nitrogens is 3. The van der Waals surface area contributed by atoms with Gasteiger partial charge >= 0.3 is 12.1 Å². The molecule has 2 bridgehead atoms. The fourth-order valence-corrected chi connectivity index (χ4v) is 9.70. The third-order valence-electron chi connectivity index (χ3n) is 11.9. The lowest BCUT2D eigenvalue weighted by molar-refractivity contribution is 0.00451. The molecule has 7 heterocycles. The van der Waals surface area contributed by atoms with Gasteiger partial charge in [0, 0.05) is 36.9 Å². The van der Waals surface area contributed by atoms with Crippen LogP contribution >= 0.6 is 0 Å². The molecule has 0 radical (unpaired) electrons. The highest BCUT2D eigenvalue weighted by Gasteiger charge is 2.53. The van der Waals surface area contributed by atoms with E-state index in [1.165, 1.54) is 6.07 Å². The van der Waals surface area contributed by atoms with Crippen LogP contribution in [0.5, 0.6) is 6.01 Å². The van der Waals surface area contributed by atoms with Crippen molar-refractivity contribution in [3.63, 3.8) is 0 Å². The molecule has 13 heteroatoms. The Labute approximate surface area is 305 Å². The molecule has 0 saturated carbocycles. The van der Waals surface area contributed by atoms with E-state index >= 15 is 8.78 Å². The maximum atomic E-state index is 17.3. The van der Waals surface area contributed by atoms with Crippen molar-refractivity contribution in [3.05, 3.63) is 53.2 Å². The van der Waals surface area contributed by atoms with E-state index in [4.69, 9.17) is 25.9 Å². The number of benzene rings is 2. The summed E-state index contributed by atoms with van der Waals surface area (Å²) in [4.78, 5) is 33.9. The van der Waals surface area contributed by atoms with Crippen molar-refractivity contribution in [2.75, 3.05) is 31.1 Å². The Morgan fingerprint density at radius 3 is 2.72 bits per heavy atom. The van der Waals surface area contributed by atoms with Crippen molar-refractivity contribution in [3.8, 4) is 29.6 Å². The van der Waals surface area contributed by atoms with E-state index in [-0.39, 0.29) is 64.5 Å². The first-order valence-corrected chi connectivity index (χ1v) is 18.4. The maximum Gasteiger partial charge on any atom is 0.410 e. The van der Waals surface area contributed by atoms with E-state index < -0.39 is 47.2 Å². The average Bonchev–Trinajstić information content (AvgIpc) is 3.73. The molecule has 5 aliphatic rings. The number of carbonyl (C=O) groups excluding carboxylic acids is 1. The Morgan fingerprint density at radius 2 is 1.92 bits per heavy atom. The predicted molar refractivity (Wildman–Crippen MR) is 192 cm³/mol. The molecular weight excluding hydrogens is 685 g/mol. The predicted octanol–water partition coefficient (Wildman–Crippen LogP) is 6.45. The number of piperazine rings is 1. The van der Waals surface area contributed by atoms with Gasteiger partial charge in [-0.05, 0) is 64.5 Å². The van der Waals surface area contributed by atoms with Gasteiger partial charge in [0.2, 0.25) is 0 Å². The van der Waals surface area contributed by atoms with E-state index in [2.05, 4.69) is 15.8 Å². The summed E-state index contributed by atoms with van der Waals surface area (Å²) in [5.41, 5.74) is -1.08. The molecule has 53 heavy (non-hydrogen) atoms. The Hall–Kier alpha value is -4.67. The van der Waals surface area contributed by atoms with E-state index in [0.29, 0.717) is 42.5 Å². The van der Waals surface area contributed by atoms with E-state index in [0.717, 1.165) is 25.8 Å². The minimum absolute atomic E-state index is 0.0308. The summed E-state index contributed by atoms with van der Waals surface area (Å²) < 4.78 is 59.3. The summed E-state index contributed by atoms with van der Waals surface area (Å²) in [7, 11) is 0. The zero-order chi connectivity index (χ0) is 37.0. The second-order valence-corrected chi connectivity index (χ2v) is 16.2. The first-order chi connectivity index (χ1) is 25.4. The molecule has 0 spiro atoms. The summed E-state index contributed by atoms with van der Waals surface area (Å²) >= 11 is 0. The Morgan fingerprint density at radius 1 is 1.09 bits per heavy atom. The number of terminal acetylenes is 1. The second-order valence-electron chi connectivity index (χ2n) is 16.2. The monoisotopic (exact) mass is 726 g/mol. The Kier molecular flexibility index (Phi) is 7.84. The molecule has 6 atom stereocenters. The smallest absolute Gasteiger partial charge is 0.410 e. The molecule has 0 unspecified atom stereocenters. The lowest BCUT2D eigenvalue weighted by Crippen LogP contribution is -2.62. The molecule has 1 amide bonds. The van der Waals surface area contributed by atoms with Crippen molar-refractivity contribution < 1.29 is 32.5 Å². The number of anilines is 1. The number of carbonyl (C=O) groups is 1. The molecule has 1 N–H and O–H groups in total. The lowest BCUT2D eigenvalue weighted by Gasteiger charge is -2.47. The molecule has 276 valence electrons. The third-order valence-corrected chi connectivity index (χ3v) is 11.9. The van der Waals surface area contributed by atoms with Crippen LogP contribution in [0.25, 0.3) is 32.9 Å². The summed E-state index contributed by atoms with van der Waals surface area (Å²) in [5, 5.41) is 13.2. The number of amides is 1. The summed E-state index contributed by atoms with van der Waals surface area (Å²) in [6, 6.07) is 6.90. The van der Waals surface area contributed by atoms with Crippen molar-refractivity contribution in [2.24, 2.45) is 0 Å². The SMILES string of the molecule is C#Cc1c(F)ccc2cccc(-c3nc4c5c(nc(OC[C@@]67CCCN6C[C@H](F)C7)nc5c3F)N3C[C@H]5CC[C@@H]([C@H]3C[C@H]4O)N5C(=O)OC(C)(C)C)c12. The fourth-order valence-electron chi connectivity index (χ4n) is 9.70. The molecular formula is C40H41F3N6O4. The van der Waals surface area contributed by atoms with Gasteiger partial charge in [0.1, 0.15) is 41.2 Å². The lowest BCUT2D eigenvalue weighted by atomic mass is 9.95. The number of aliphatic hydroxyl groups excluding tert-OH is 1. The highest BCUT2D eigenvalue weighted by Crippen LogP contribution is 2.48. The van der Waals surface area contributed by atoms with Crippen molar-refractivity contribution in [1.29, 1.82) is 0 Å². The highest BCUT2D eigenvalue weighted by molar-refractivity contribution is 6.03. The van der Waals surface area contributed by atoms with Crippen LogP contribution in [-0.2, 0) is 4.74 Å². The molecule has 9 rings (SSSR count). The number of ether oxygens (including phenoxy) is 2. The topological polar surface area (TPSA) is 104 Å². The molecule has 4 aromatic rings. The first kappa shape index (κ1) is 34.1. The molecule has 4 saturated heterocycles.